The number of ketones is 1. The van der Waals surface area contributed by atoms with Crippen molar-refractivity contribution in [2.24, 2.45) is 0 Å². The van der Waals surface area contributed by atoms with Crippen LogP contribution < -0.4 is 10.1 Å². The number of amides is 2. The van der Waals surface area contributed by atoms with Crippen LogP contribution in [0.15, 0.2) is 78.9 Å². The maximum Gasteiger partial charge on any atom is 0.255 e. The smallest absolute Gasteiger partial charge is 0.255 e. The molecule has 3 aromatic carbocycles. The zero-order valence-corrected chi connectivity index (χ0v) is 19.8. The Morgan fingerprint density at radius 3 is 2.24 bits per heavy atom. The number of benzene rings is 3. The number of nitrogens with zero attached hydrogens (tertiary/aromatic N) is 1. The highest BCUT2D eigenvalue weighted by molar-refractivity contribution is 5.99. The summed E-state index contributed by atoms with van der Waals surface area (Å²) in [5, 5.41) is 2.74. The van der Waals surface area contributed by atoms with E-state index in [1.807, 2.05) is 61.5 Å². The Morgan fingerprint density at radius 2 is 1.53 bits per heavy atom. The zero-order chi connectivity index (χ0) is 24.5. The van der Waals surface area contributed by atoms with Crippen molar-refractivity contribution in [1.82, 2.24) is 10.2 Å². The highest BCUT2D eigenvalue weighted by Gasteiger charge is 2.22. The van der Waals surface area contributed by atoms with Crippen LogP contribution >= 0.6 is 0 Å². The van der Waals surface area contributed by atoms with Crippen LogP contribution in [0, 0.1) is 6.92 Å². The van der Waals surface area contributed by atoms with Crippen LogP contribution in [0.3, 0.4) is 0 Å². The number of carbonyl (C=O) groups is 3. The molecule has 176 valence electrons. The van der Waals surface area contributed by atoms with Gasteiger partial charge in [-0.05, 0) is 37.1 Å². The highest BCUT2D eigenvalue weighted by atomic mass is 16.5. The first kappa shape index (κ1) is 24.7. The van der Waals surface area contributed by atoms with E-state index in [4.69, 9.17) is 4.74 Å². The predicted molar refractivity (Wildman–Crippen MR) is 132 cm³/mol. The Kier molecular flexibility index (Phi) is 8.57. The summed E-state index contributed by atoms with van der Waals surface area (Å²) in [5.41, 5.74) is 3.32. The summed E-state index contributed by atoms with van der Waals surface area (Å²) < 4.78 is 5.68. The maximum atomic E-state index is 12.9. The fraction of sp³-hybridized carbons (Fsp3) is 0.250. The Hall–Kier alpha value is -3.93. The van der Waals surface area contributed by atoms with Crippen molar-refractivity contribution >= 4 is 17.6 Å². The molecule has 0 radical (unpaired) electrons. The molecule has 1 atom stereocenters. The summed E-state index contributed by atoms with van der Waals surface area (Å²) in [4.78, 5) is 39.6. The summed E-state index contributed by atoms with van der Waals surface area (Å²) in [6.07, 6.45) is 0.258. The third-order valence-corrected chi connectivity index (χ3v) is 5.40. The van der Waals surface area contributed by atoms with E-state index in [9.17, 15) is 14.4 Å². The van der Waals surface area contributed by atoms with Gasteiger partial charge in [0.1, 0.15) is 18.4 Å². The SMILES string of the molecule is Cc1ccc(CC(=O)COc2ccccc2C(=O)N[C@H](C)C(=O)N(C)Cc2ccccc2)cc1. The van der Waals surface area contributed by atoms with E-state index in [2.05, 4.69) is 5.32 Å². The molecule has 0 saturated heterocycles. The Bertz CT molecular complexity index is 1130. The van der Waals surface area contributed by atoms with E-state index in [0.717, 1.165) is 16.7 Å². The second-order valence-electron chi connectivity index (χ2n) is 8.36. The third-order valence-electron chi connectivity index (χ3n) is 5.40. The van der Waals surface area contributed by atoms with E-state index in [1.165, 1.54) is 0 Å². The number of carbonyl (C=O) groups excluding carboxylic acids is 3. The van der Waals surface area contributed by atoms with Crippen LogP contribution in [0.1, 0.15) is 34.0 Å². The highest BCUT2D eigenvalue weighted by Crippen LogP contribution is 2.18. The number of hydrogen-bond donors (Lipinski definition) is 1. The molecule has 0 bridgehead atoms. The summed E-state index contributed by atoms with van der Waals surface area (Å²) in [5.74, 6) is -0.431. The molecule has 0 spiro atoms. The van der Waals surface area contributed by atoms with Gasteiger partial charge in [-0.25, -0.2) is 0 Å². The number of ether oxygens (including phenoxy) is 1. The number of likely N-dealkylation sites (N-methyl/N-ethyl adjacent to an activating group) is 1. The van der Waals surface area contributed by atoms with Gasteiger partial charge in [0.25, 0.3) is 5.91 Å². The quantitative estimate of drug-likeness (QED) is 0.499. The van der Waals surface area contributed by atoms with Gasteiger partial charge in [0.15, 0.2) is 5.78 Å². The number of Topliss-reactive ketones (excluding diaryl/α,β-unsaturated/α-hetero) is 1. The van der Waals surface area contributed by atoms with E-state index >= 15 is 0 Å². The van der Waals surface area contributed by atoms with Crippen LogP contribution in [-0.2, 0) is 22.6 Å². The van der Waals surface area contributed by atoms with Crippen LogP contribution in [0.25, 0.3) is 0 Å². The second-order valence-corrected chi connectivity index (χ2v) is 8.36. The van der Waals surface area contributed by atoms with Crippen molar-refractivity contribution in [3.8, 4) is 5.75 Å². The van der Waals surface area contributed by atoms with Gasteiger partial charge < -0.3 is 15.0 Å². The minimum atomic E-state index is -0.725. The van der Waals surface area contributed by atoms with Gasteiger partial charge in [-0.15, -0.1) is 0 Å². The fourth-order valence-corrected chi connectivity index (χ4v) is 3.52. The molecular formula is C28H30N2O4. The van der Waals surface area contributed by atoms with Gasteiger partial charge in [-0.3, -0.25) is 14.4 Å². The van der Waals surface area contributed by atoms with Crippen molar-refractivity contribution in [1.29, 1.82) is 0 Å². The Labute approximate surface area is 200 Å². The molecule has 0 aliphatic rings. The summed E-state index contributed by atoms with van der Waals surface area (Å²) in [7, 11) is 1.70. The standard InChI is InChI=1S/C28H30N2O4/c1-20-13-15-22(16-14-20)17-24(31)19-34-26-12-8-7-11-25(26)27(32)29-21(2)28(33)30(3)18-23-9-5-4-6-10-23/h4-16,21H,17-19H2,1-3H3,(H,29,32)/t21-/m1/s1. The lowest BCUT2D eigenvalue weighted by atomic mass is 10.1. The molecule has 6 heteroatoms. The van der Waals surface area contributed by atoms with Gasteiger partial charge in [0, 0.05) is 20.0 Å². The number of hydrogen-bond acceptors (Lipinski definition) is 4. The molecule has 3 aromatic rings. The molecule has 34 heavy (non-hydrogen) atoms. The molecule has 0 aliphatic carbocycles. The first-order chi connectivity index (χ1) is 16.3. The van der Waals surface area contributed by atoms with Crippen molar-refractivity contribution < 1.29 is 19.1 Å². The molecular weight excluding hydrogens is 428 g/mol. The van der Waals surface area contributed by atoms with Crippen molar-refractivity contribution in [3.05, 3.63) is 101 Å². The Morgan fingerprint density at radius 1 is 0.882 bits per heavy atom. The first-order valence-electron chi connectivity index (χ1n) is 11.2. The summed E-state index contributed by atoms with van der Waals surface area (Å²) >= 11 is 0. The van der Waals surface area contributed by atoms with Gasteiger partial charge in [0.05, 0.1) is 5.56 Å². The van der Waals surface area contributed by atoms with E-state index in [0.29, 0.717) is 12.3 Å². The normalized spacial score (nSPS) is 11.4. The first-order valence-corrected chi connectivity index (χ1v) is 11.2. The lowest BCUT2D eigenvalue weighted by Crippen LogP contribution is -2.45. The number of rotatable bonds is 10. The van der Waals surface area contributed by atoms with Crippen LogP contribution in [0.2, 0.25) is 0 Å². The van der Waals surface area contributed by atoms with Crippen molar-refractivity contribution in [2.75, 3.05) is 13.7 Å². The predicted octanol–water partition coefficient (Wildman–Crippen LogP) is 3.96. The van der Waals surface area contributed by atoms with Crippen molar-refractivity contribution in [3.63, 3.8) is 0 Å². The molecule has 0 aromatic heterocycles. The van der Waals surface area contributed by atoms with Gasteiger partial charge in [-0.1, -0.05) is 72.3 Å². The molecule has 0 heterocycles. The van der Waals surface area contributed by atoms with Crippen LogP contribution in [0.5, 0.6) is 5.75 Å². The van der Waals surface area contributed by atoms with E-state index in [1.54, 1.807) is 43.1 Å². The zero-order valence-electron chi connectivity index (χ0n) is 19.8. The number of aryl methyl sites for hydroxylation is 1. The lowest BCUT2D eigenvalue weighted by molar-refractivity contribution is -0.132. The average molecular weight is 459 g/mol. The molecule has 0 fully saturated rings. The lowest BCUT2D eigenvalue weighted by Gasteiger charge is -2.22. The average Bonchev–Trinajstić information content (AvgIpc) is 2.84. The Balaban J connectivity index is 1.57. The second kappa shape index (κ2) is 11.8. The molecule has 1 N–H and O–H groups in total. The van der Waals surface area contributed by atoms with Crippen LogP contribution in [0.4, 0.5) is 0 Å². The largest absolute Gasteiger partial charge is 0.485 e. The molecule has 0 unspecified atom stereocenters. The number of para-hydroxylation sites is 1. The molecule has 0 aliphatic heterocycles. The van der Waals surface area contributed by atoms with E-state index in [-0.39, 0.29) is 30.3 Å². The van der Waals surface area contributed by atoms with Gasteiger partial charge in [-0.2, -0.15) is 0 Å². The monoisotopic (exact) mass is 458 g/mol. The van der Waals surface area contributed by atoms with E-state index < -0.39 is 11.9 Å². The van der Waals surface area contributed by atoms with Crippen LogP contribution in [-0.4, -0.2) is 42.2 Å². The summed E-state index contributed by atoms with van der Waals surface area (Å²) in [6, 6.07) is 23.4. The maximum absolute atomic E-state index is 12.9. The number of nitrogens with one attached hydrogen (secondary N) is 1. The molecule has 6 nitrogen and oxygen atoms in total. The minimum absolute atomic E-state index is 0.0925. The van der Waals surface area contributed by atoms with Crippen molar-refractivity contribution in [2.45, 2.75) is 32.9 Å². The summed E-state index contributed by atoms with van der Waals surface area (Å²) in [6.45, 7) is 3.94. The molecule has 0 saturated carbocycles. The molecule has 3 rings (SSSR count). The topological polar surface area (TPSA) is 75.7 Å². The van der Waals surface area contributed by atoms with Gasteiger partial charge >= 0.3 is 0 Å². The van der Waals surface area contributed by atoms with Gasteiger partial charge in [0.2, 0.25) is 5.91 Å². The molecule has 2 amide bonds. The third kappa shape index (κ3) is 7.04. The minimum Gasteiger partial charge on any atom is -0.485 e. The fourth-order valence-electron chi connectivity index (χ4n) is 3.52.